The van der Waals surface area contributed by atoms with Gasteiger partial charge in [-0.3, -0.25) is 4.79 Å². The van der Waals surface area contributed by atoms with Gasteiger partial charge in [0.05, 0.1) is 5.92 Å². The second kappa shape index (κ2) is 5.89. The van der Waals surface area contributed by atoms with Crippen molar-refractivity contribution in [3.05, 3.63) is 29.8 Å². The molecule has 0 aliphatic carbocycles. The summed E-state index contributed by atoms with van der Waals surface area (Å²) in [4.78, 5) is 14.6. The number of amides is 1. The van der Waals surface area contributed by atoms with E-state index in [1.165, 1.54) is 0 Å². The number of benzene rings is 1. The molecule has 1 heterocycles. The van der Waals surface area contributed by atoms with Gasteiger partial charge in [0.2, 0.25) is 5.91 Å². The summed E-state index contributed by atoms with van der Waals surface area (Å²) in [5.41, 5.74) is 2.27. The molecule has 98 valence electrons. The van der Waals surface area contributed by atoms with Crippen LogP contribution < -0.4 is 5.32 Å². The lowest BCUT2D eigenvalue weighted by Crippen LogP contribution is -2.37. The second-order valence-electron chi connectivity index (χ2n) is 4.85. The molecule has 3 nitrogen and oxygen atoms in total. The first kappa shape index (κ1) is 12.9. The molecule has 1 unspecified atom stereocenters. The molecule has 3 heteroatoms. The number of rotatable bonds is 5. The quantitative estimate of drug-likeness (QED) is 0.866. The SMILES string of the molecule is CCCN(CCC)C(=O)C1CNc2ccccc21. The Hall–Kier alpha value is -1.51. The largest absolute Gasteiger partial charge is 0.384 e. The summed E-state index contributed by atoms with van der Waals surface area (Å²) in [6, 6.07) is 8.13. The van der Waals surface area contributed by atoms with Crippen LogP contribution in [-0.2, 0) is 4.79 Å². The number of hydrogen-bond donors (Lipinski definition) is 1. The van der Waals surface area contributed by atoms with E-state index in [1.807, 2.05) is 23.1 Å². The van der Waals surface area contributed by atoms with Crippen molar-refractivity contribution in [3.63, 3.8) is 0 Å². The molecule has 0 radical (unpaired) electrons. The zero-order chi connectivity index (χ0) is 13.0. The Morgan fingerprint density at radius 3 is 2.61 bits per heavy atom. The zero-order valence-electron chi connectivity index (χ0n) is 11.3. The van der Waals surface area contributed by atoms with Crippen LogP contribution in [0, 0.1) is 0 Å². The molecule has 0 spiro atoms. The Balaban J connectivity index is 2.14. The molecule has 0 bridgehead atoms. The third-order valence-corrected chi connectivity index (χ3v) is 3.43. The number of fused-ring (bicyclic) bond motifs is 1. The number of para-hydroxylation sites is 1. The van der Waals surface area contributed by atoms with E-state index >= 15 is 0 Å². The third-order valence-electron chi connectivity index (χ3n) is 3.43. The molecule has 0 aromatic heterocycles. The van der Waals surface area contributed by atoms with Crippen molar-refractivity contribution in [2.24, 2.45) is 0 Å². The third kappa shape index (κ3) is 2.50. The Labute approximate surface area is 109 Å². The van der Waals surface area contributed by atoms with Crippen LogP contribution in [0.15, 0.2) is 24.3 Å². The number of carbonyl (C=O) groups excluding carboxylic acids is 1. The molecular weight excluding hydrogens is 224 g/mol. The van der Waals surface area contributed by atoms with Crippen LogP contribution in [-0.4, -0.2) is 30.4 Å². The van der Waals surface area contributed by atoms with Gasteiger partial charge in [-0.1, -0.05) is 32.0 Å². The first-order valence-corrected chi connectivity index (χ1v) is 6.89. The van der Waals surface area contributed by atoms with Gasteiger partial charge < -0.3 is 10.2 Å². The van der Waals surface area contributed by atoms with Gasteiger partial charge in [0.25, 0.3) is 0 Å². The number of hydrogen-bond acceptors (Lipinski definition) is 2. The molecule has 18 heavy (non-hydrogen) atoms. The molecule has 1 atom stereocenters. The maximum Gasteiger partial charge on any atom is 0.231 e. The average Bonchev–Trinajstić information content (AvgIpc) is 2.81. The minimum Gasteiger partial charge on any atom is -0.384 e. The minimum absolute atomic E-state index is 0.000648. The lowest BCUT2D eigenvalue weighted by molar-refractivity contribution is -0.132. The van der Waals surface area contributed by atoms with Crippen molar-refractivity contribution < 1.29 is 4.79 Å². The molecule has 0 fully saturated rings. The van der Waals surface area contributed by atoms with Crippen molar-refractivity contribution in [2.75, 3.05) is 25.0 Å². The summed E-state index contributed by atoms with van der Waals surface area (Å²) in [5.74, 6) is 0.274. The number of nitrogens with zero attached hydrogens (tertiary/aromatic N) is 1. The van der Waals surface area contributed by atoms with E-state index < -0.39 is 0 Å². The Bertz CT molecular complexity index is 411. The fraction of sp³-hybridized carbons (Fsp3) is 0.533. The maximum absolute atomic E-state index is 12.6. The van der Waals surface area contributed by atoms with Crippen LogP contribution >= 0.6 is 0 Å². The molecule has 0 saturated carbocycles. The second-order valence-corrected chi connectivity index (χ2v) is 4.85. The van der Waals surface area contributed by atoms with Crippen LogP contribution in [0.25, 0.3) is 0 Å². The van der Waals surface area contributed by atoms with Crippen LogP contribution in [0.2, 0.25) is 0 Å². The summed E-state index contributed by atoms with van der Waals surface area (Å²) >= 11 is 0. The molecule has 1 aliphatic heterocycles. The summed E-state index contributed by atoms with van der Waals surface area (Å²) in [5, 5.41) is 3.32. The topological polar surface area (TPSA) is 32.3 Å². The zero-order valence-corrected chi connectivity index (χ0v) is 11.3. The van der Waals surface area contributed by atoms with E-state index in [-0.39, 0.29) is 11.8 Å². The summed E-state index contributed by atoms with van der Waals surface area (Å²) in [7, 11) is 0. The Kier molecular flexibility index (Phi) is 4.24. The van der Waals surface area contributed by atoms with E-state index in [4.69, 9.17) is 0 Å². The van der Waals surface area contributed by atoms with Crippen LogP contribution in [0.1, 0.15) is 38.2 Å². The number of anilines is 1. The molecule has 2 rings (SSSR count). The van der Waals surface area contributed by atoms with Gasteiger partial charge in [0.1, 0.15) is 0 Å². The van der Waals surface area contributed by atoms with Gasteiger partial charge in [0.15, 0.2) is 0 Å². The van der Waals surface area contributed by atoms with E-state index in [0.29, 0.717) is 0 Å². The normalized spacial score (nSPS) is 17.1. The molecular formula is C15H22N2O. The van der Waals surface area contributed by atoms with Crippen molar-refractivity contribution in [3.8, 4) is 0 Å². The fourth-order valence-electron chi connectivity index (χ4n) is 2.60. The molecule has 1 N–H and O–H groups in total. The highest BCUT2D eigenvalue weighted by Gasteiger charge is 2.30. The van der Waals surface area contributed by atoms with Crippen molar-refractivity contribution in [1.82, 2.24) is 4.90 Å². The van der Waals surface area contributed by atoms with E-state index in [9.17, 15) is 4.79 Å². The van der Waals surface area contributed by atoms with Crippen molar-refractivity contribution in [2.45, 2.75) is 32.6 Å². The van der Waals surface area contributed by atoms with Gasteiger partial charge in [0, 0.05) is 25.3 Å². The predicted molar refractivity (Wildman–Crippen MR) is 74.8 cm³/mol. The lowest BCUT2D eigenvalue weighted by Gasteiger charge is -2.24. The average molecular weight is 246 g/mol. The standard InChI is InChI=1S/C15H22N2O/c1-3-9-17(10-4-2)15(18)13-11-16-14-8-6-5-7-12(13)14/h5-8,13,16H,3-4,9-11H2,1-2H3. The van der Waals surface area contributed by atoms with Gasteiger partial charge in [-0.05, 0) is 24.5 Å². The van der Waals surface area contributed by atoms with Gasteiger partial charge >= 0.3 is 0 Å². The van der Waals surface area contributed by atoms with E-state index in [2.05, 4.69) is 25.2 Å². The lowest BCUT2D eigenvalue weighted by atomic mass is 9.99. The monoisotopic (exact) mass is 246 g/mol. The smallest absolute Gasteiger partial charge is 0.231 e. The van der Waals surface area contributed by atoms with Crippen molar-refractivity contribution in [1.29, 1.82) is 0 Å². The molecule has 1 aromatic rings. The number of carbonyl (C=O) groups is 1. The van der Waals surface area contributed by atoms with Crippen LogP contribution in [0.4, 0.5) is 5.69 Å². The Morgan fingerprint density at radius 2 is 1.94 bits per heavy atom. The van der Waals surface area contributed by atoms with Gasteiger partial charge in [-0.15, -0.1) is 0 Å². The van der Waals surface area contributed by atoms with Gasteiger partial charge in [-0.25, -0.2) is 0 Å². The minimum atomic E-state index is -0.000648. The molecule has 0 saturated heterocycles. The number of nitrogens with one attached hydrogen (secondary N) is 1. The fourth-order valence-corrected chi connectivity index (χ4v) is 2.60. The summed E-state index contributed by atoms with van der Waals surface area (Å²) in [6.45, 7) is 6.71. The highest BCUT2D eigenvalue weighted by atomic mass is 16.2. The molecule has 1 amide bonds. The predicted octanol–water partition coefficient (Wildman–Crippen LogP) is 2.84. The highest BCUT2D eigenvalue weighted by Crippen LogP contribution is 2.32. The first-order valence-electron chi connectivity index (χ1n) is 6.89. The van der Waals surface area contributed by atoms with E-state index in [1.54, 1.807) is 0 Å². The van der Waals surface area contributed by atoms with E-state index in [0.717, 1.165) is 43.7 Å². The molecule has 1 aliphatic rings. The van der Waals surface area contributed by atoms with Crippen LogP contribution in [0.3, 0.4) is 0 Å². The summed E-state index contributed by atoms with van der Waals surface area (Å²) < 4.78 is 0. The van der Waals surface area contributed by atoms with Crippen LogP contribution in [0.5, 0.6) is 0 Å². The summed E-state index contributed by atoms with van der Waals surface area (Å²) in [6.07, 6.45) is 2.04. The Morgan fingerprint density at radius 1 is 1.28 bits per heavy atom. The molecule has 1 aromatic carbocycles. The van der Waals surface area contributed by atoms with Crippen molar-refractivity contribution >= 4 is 11.6 Å². The first-order chi connectivity index (χ1) is 8.77. The van der Waals surface area contributed by atoms with Gasteiger partial charge in [-0.2, -0.15) is 0 Å². The maximum atomic E-state index is 12.6. The highest BCUT2D eigenvalue weighted by molar-refractivity contribution is 5.88.